The van der Waals surface area contributed by atoms with Crippen molar-refractivity contribution in [3.8, 4) is 0 Å². The Hall–Kier alpha value is -2.29. The summed E-state index contributed by atoms with van der Waals surface area (Å²) in [6.45, 7) is 6.91. The summed E-state index contributed by atoms with van der Waals surface area (Å²) in [5.41, 5.74) is 1.82. The van der Waals surface area contributed by atoms with Crippen molar-refractivity contribution in [1.82, 2.24) is 29.5 Å². The molecule has 134 valence electrons. The number of halogens is 1. The van der Waals surface area contributed by atoms with Crippen molar-refractivity contribution in [3.63, 3.8) is 0 Å². The molecule has 5 heterocycles. The zero-order valence-electron chi connectivity index (χ0n) is 14.5. The highest BCUT2D eigenvalue weighted by atomic mass is 79.9. The van der Waals surface area contributed by atoms with Crippen LogP contribution in [0, 0.1) is 11.8 Å². The molecule has 0 N–H and O–H groups in total. The number of aryl methyl sites for hydroxylation is 1. The molecular weight excluding hydrogens is 396 g/mol. The quantitative estimate of drug-likeness (QED) is 0.648. The first-order valence-electron chi connectivity index (χ1n) is 8.86. The van der Waals surface area contributed by atoms with Gasteiger partial charge in [0.2, 0.25) is 5.95 Å². The Balaban J connectivity index is 1.36. The molecule has 0 saturated carbocycles. The van der Waals surface area contributed by atoms with E-state index in [1.165, 1.54) is 0 Å². The first-order valence-corrected chi connectivity index (χ1v) is 9.65. The number of imidazole rings is 1. The number of aromatic nitrogens is 6. The van der Waals surface area contributed by atoms with Crippen LogP contribution in [0.25, 0.3) is 11.2 Å². The normalized spacial score (nSPS) is 22.4. The predicted octanol–water partition coefficient (Wildman–Crippen LogP) is 1.97. The third-order valence-electron chi connectivity index (χ3n) is 5.40. The van der Waals surface area contributed by atoms with Crippen molar-refractivity contribution < 1.29 is 0 Å². The lowest BCUT2D eigenvalue weighted by atomic mass is 10.0. The highest BCUT2D eigenvalue weighted by Gasteiger charge is 2.41. The first-order chi connectivity index (χ1) is 12.7. The zero-order valence-corrected chi connectivity index (χ0v) is 16.0. The Labute approximate surface area is 159 Å². The van der Waals surface area contributed by atoms with Crippen molar-refractivity contribution in [2.24, 2.45) is 11.8 Å². The number of anilines is 2. The lowest BCUT2D eigenvalue weighted by Crippen LogP contribution is -2.30. The minimum absolute atomic E-state index is 0.598. The number of nitrogens with zero attached hydrogens (tertiary/aromatic N) is 8. The van der Waals surface area contributed by atoms with Gasteiger partial charge in [0.15, 0.2) is 17.0 Å². The minimum atomic E-state index is 0.598. The fraction of sp³-hybridized carbons (Fsp3) is 0.471. The smallest absolute Gasteiger partial charge is 0.225 e. The van der Waals surface area contributed by atoms with Crippen LogP contribution in [0.15, 0.2) is 29.5 Å². The molecule has 2 fully saturated rings. The standard InChI is InChI=1S/C17H19BrN8/c1-2-24-10-23-14-15(24)21-9-22-16(14)25-5-11-7-26(8-12(11)6-25)17-19-3-13(18)4-20-17/h3-4,9-12H,2,5-8H2,1H3. The topological polar surface area (TPSA) is 75.9 Å². The summed E-state index contributed by atoms with van der Waals surface area (Å²) < 4.78 is 2.97. The van der Waals surface area contributed by atoms with E-state index in [4.69, 9.17) is 0 Å². The summed E-state index contributed by atoms with van der Waals surface area (Å²) in [6, 6.07) is 0. The van der Waals surface area contributed by atoms with E-state index in [0.717, 1.165) is 60.1 Å². The van der Waals surface area contributed by atoms with Gasteiger partial charge in [0.05, 0.1) is 10.8 Å². The van der Waals surface area contributed by atoms with E-state index in [0.29, 0.717) is 11.8 Å². The van der Waals surface area contributed by atoms with Crippen LogP contribution in [0.5, 0.6) is 0 Å². The van der Waals surface area contributed by atoms with Gasteiger partial charge in [-0.25, -0.2) is 24.9 Å². The van der Waals surface area contributed by atoms with Gasteiger partial charge in [0.1, 0.15) is 6.33 Å². The predicted molar refractivity (Wildman–Crippen MR) is 102 cm³/mol. The second-order valence-corrected chi connectivity index (χ2v) is 7.85. The Bertz CT molecular complexity index is 926. The summed E-state index contributed by atoms with van der Waals surface area (Å²) in [5, 5.41) is 0. The van der Waals surface area contributed by atoms with Crippen LogP contribution in [0.2, 0.25) is 0 Å². The van der Waals surface area contributed by atoms with Gasteiger partial charge in [-0.1, -0.05) is 0 Å². The van der Waals surface area contributed by atoms with Crippen LogP contribution in [-0.4, -0.2) is 55.7 Å². The molecule has 3 aromatic rings. The lowest BCUT2D eigenvalue weighted by molar-refractivity contribution is 0.533. The molecule has 0 amide bonds. The number of rotatable bonds is 3. The molecule has 2 aliphatic heterocycles. The van der Waals surface area contributed by atoms with E-state index in [-0.39, 0.29) is 0 Å². The molecule has 8 nitrogen and oxygen atoms in total. The highest BCUT2D eigenvalue weighted by Crippen LogP contribution is 2.36. The van der Waals surface area contributed by atoms with E-state index >= 15 is 0 Å². The van der Waals surface area contributed by atoms with Crippen LogP contribution >= 0.6 is 15.9 Å². The third-order valence-corrected chi connectivity index (χ3v) is 5.81. The van der Waals surface area contributed by atoms with Gasteiger partial charge in [-0.2, -0.15) is 0 Å². The SMILES string of the molecule is CCn1cnc2c(N3CC4CN(c5ncc(Br)cn5)CC4C3)ncnc21. The molecule has 0 aliphatic carbocycles. The molecule has 2 saturated heterocycles. The van der Waals surface area contributed by atoms with E-state index in [1.807, 2.05) is 18.7 Å². The molecule has 26 heavy (non-hydrogen) atoms. The fourth-order valence-electron chi connectivity index (χ4n) is 4.13. The first kappa shape index (κ1) is 15.9. The monoisotopic (exact) mass is 414 g/mol. The molecule has 0 bridgehead atoms. The molecule has 9 heteroatoms. The molecule has 2 aliphatic rings. The summed E-state index contributed by atoms with van der Waals surface area (Å²) in [5.74, 6) is 2.98. The van der Waals surface area contributed by atoms with Gasteiger partial charge in [0.25, 0.3) is 0 Å². The Kier molecular flexibility index (Phi) is 3.77. The molecule has 0 spiro atoms. The number of fused-ring (bicyclic) bond motifs is 2. The van der Waals surface area contributed by atoms with Crippen LogP contribution in [0.1, 0.15) is 6.92 Å². The second-order valence-electron chi connectivity index (χ2n) is 6.93. The molecule has 3 aromatic heterocycles. The summed E-state index contributed by atoms with van der Waals surface area (Å²) >= 11 is 3.39. The van der Waals surface area contributed by atoms with Crippen LogP contribution < -0.4 is 9.80 Å². The Morgan fingerprint density at radius 2 is 1.65 bits per heavy atom. The van der Waals surface area contributed by atoms with Crippen molar-refractivity contribution >= 4 is 38.9 Å². The Morgan fingerprint density at radius 3 is 2.35 bits per heavy atom. The second kappa shape index (κ2) is 6.15. The van der Waals surface area contributed by atoms with Gasteiger partial charge in [0, 0.05) is 57.0 Å². The largest absolute Gasteiger partial charge is 0.354 e. The molecular formula is C17H19BrN8. The average molecular weight is 415 g/mol. The van der Waals surface area contributed by atoms with E-state index in [9.17, 15) is 0 Å². The minimum Gasteiger partial charge on any atom is -0.354 e. The van der Waals surface area contributed by atoms with E-state index in [1.54, 1.807) is 6.33 Å². The number of hydrogen-bond acceptors (Lipinski definition) is 7. The summed E-state index contributed by atoms with van der Waals surface area (Å²) in [7, 11) is 0. The van der Waals surface area contributed by atoms with Gasteiger partial charge in [-0.3, -0.25) is 0 Å². The Morgan fingerprint density at radius 1 is 0.962 bits per heavy atom. The van der Waals surface area contributed by atoms with Crippen LogP contribution in [0.4, 0.5) is 11.8 Å². The van der Waals surface area contributed by atoms with Crippen molar-refractivity contribution in [2.75, 3.05) is 36.0 Å². The maximum Gasteiger partial charge on any atom is 0.225 e. The molecule has 2 unspecified atom stereocenters. The summed E-state index contributed by atoms with van der Waals surface area (Å²) in [4.78, 5) is 27.1. The van der Waals surface area contributed by atoms with Gasteiger partial charge in [-0.15, -0.1) is 0 Å². The lowest BCUT2D eigenvalue weighted by Gasteiger charge is -2.22. The van der Waals surface area contributed by atoms with Crippen molar-refractivity contribution in [1.29, 1.82) is 0 Å². The van der Waals surface area contributed by atoms with Crippen molar-refractivity contribution in [2.45, 2.75) is 13.5 Å². The fourth-order valence-corrected chi connectivity index (χ4v) is 4.33. The molecule has 0 radical (unpaired) electrons. The molecule has 5 rings (SSSR count). The van der Waals surface area contributed by atoms with E-state index < -0.39 is 0 Å². The average Bonchev–Trinajstić information content (AvgIpc) is 3.34. The van der Waals surface area contributed by atoms with Gasteiger partial charge < -0.3 is 14.4 Å². The van der Waals surface area contributed by atoms with Gasteiger partial charge in [-0.05, 0) is 22.9 Å². The maximum atomic E-state index is 4.56. The summed E-state index contributed by atoms with van der Waals surface area (Å²) in [6.07, 6.45) is 7.13. The van der Waals surface area contributed by atoms with Crippen molar-refractivity contribution in [3.05, 3.63) is 29.5 Å². The molecule has 2 atom stereocenters. The third kappa shape index (κ3) is 2.53. The molecule has 0 aromatic carbocycles. The van der Waals surface area contributed by atoms with E-state index in [2.05, 4.69) is 62.1 Å². The maximum absolute atomic E-state index is 4.56. The van der Waals surface area contributed by atoms with Crippen LogP contribution in [0.3, 0.4) is 0 Å². The highest BCUT2D eigenvalue weighted by molar-refractivity contribution is 9.10. The van der Waals surface area contributed by atoms with Crippen LogP contribution in [-0.2, 0) is 6.54 Å². The van der Waals surface area contributed by atoms with Gasteiger partial charge >= 0.3 is 0 Å². The number of hydrogen-bond donors (Lipinski definition) is 0. The zero-order chi connectivity index (χ0) is 17.7.